The molecule has 1 aromatic heterocycles. The summed E-state index contributed by atoms with van der Waals surface area (Å²) in [5.41, 5.74) is 1.65. The number of hydrogen-bond donors (Lipinski definition) is 0. The Kier molecular flexibility index (Phi) is 4.34. The first-order chi connectivity index (χ1) is 10.2. The van der Waals surface area contributed by atoms with Crippen LogP contribution in [0.25, 0.3) is 0 Å². The highest BCUT2D eigenvalue weighted by molar-refractivity contribution is 7.13. The normalized spacial score (nSPS) is 18.7. The zero-order valence-electron chi connectivity index (χ0n) is 12.3. The maximum absolute atomic E-state index is 12.2. The molecule has 0 amide bonds. The topological polar surface area (TPSA) is 33.2 Å². The number of carbonyl (C=O) groups excluding carboxylic acids is 1. The fourth-order valence-corrected chi connectivity index (χ4v) is 3.74. The third-order valence-corrected chi connectivity index (χ3v) is 4.95. The average molecular weight is 300 g/mol. The minimum atomic E-state index is 0.138. The van der Waals surface area contributed by atoms with E-state index in [1.54, 1.807) is 11.3 Å². The Balaban J connectivity index is 1.69. The van der Waals surface area contributed by atoms with Gasteiger partial charge in [0.05, 0.1) is 12.1 Å². The number of nitrogens with zero attached hydrogens (tertiary/aromatic N) is 2. The number of aromatic nitrogens is 1. The molecule has 3 nitrogen and oxygen atoms in total. The van der Waals surface area contributed by atoms with Crippen LogP contribution in [0.4, 0.5) is 5.13 Å². The van der Waals surface area contributed by atoms with Gasteiger partial charge in [-0.15, -0.1) is 11.3 Å². The van der Waals surface area contributed by atoms with Crippen molar-refractivity contribution in [1.29, 1.82) is 0 Å². The highest BCUT2D eigenvalue weighted by Crippen LogP contribution is 2.28. The Morgan fingerprint density at radius 3 is 2.90 bits per heavy atom. The number of hydrogen-bond acceptors (Lipinski definition) is 4. The van der Waals surface area contributed by atoms with Gasteiger partial charge in [0.15, 0.2) is 10.9 Å². The Hall–Kier alpha value is -1.68. The minimum Gasteiger partial charge on any atom is -0.345 e. The number of carbonyl (C=O) groups is 1. The molecule has 3 rings (SSSR count). The van der Waals surface area contributed by atoms with Crippen molar-refractivity contribution < 1.29 is 4.79 Å². The molecule has 2 aromatic rings. The number of rotatable bonds is 4. The molecule has 1 saturated heterocycles. The molecule has 0 N–H and O–H groups in total. The smallest absolute Gasteiger partial charge is 0.185 e. The molecule has 0 saturated carbocycles. The van der Waals surface area contributed by atoms with Crippen LogP contribution in [0.5, 0.6) is 0 Å². The lowest BCUT2D eigenvalue weighted by Gasteiger charge is -2.33. The van der Waals surface area contributed by atoms with Crippen LogP contribution in [0.15, 0.2) is 35.7 Å². The van der Waals surface area contributed by atoms with Crippen molar-refractivity contribution in [1.82, 2.24) is 4.98 Å². The summed E-state index contributed by atoms with van der Waals surface area (Å²) in [4.78, 5) is 19.3. The van der Waals surface area contributed by atoms with Crippen molar-refractivity contribution in [3.8, 4) is 0 Å². The Labute approximate surface area is 129 Å². The lowest BCUT2D eigenvalue weighted by Crippen LogP contribution is -2.37. The molecule has 0 bridgehead atoms. The number of ketones is 1. The quantitative estimate of drug-likeness (QED) is 0.802. The Bertz CT molecular complexity index is 608. The molecule has 1 fully saturated rings. The summed E-state index contributed by atoms with van der Waals surface area (Å²) in [6.45, 7) is 3.34. The Morgan fingerprint density at radius 1 is 1.33 bits per heavy atom. The molecule has 1 aromatic carbocycles. The molecule has 21 heavy (non-hydrogen) atoms. The molecule has 1 atom stereocenters. The summed E-state index contributed by atoms with van der Waals surface area (Å²) in [6, 6.07) is 10.0. The maximum atomic E-state index is 12.2. The molecule has 0 radical (unpaired) electrons. The lowest BCUT2D eigenvalue weighted by atomic mass is 10.0. The van der Waals surface area contributed by atoms with Crippen molar-refractivity contribution in [2.45, 2.75) is 38.6 Å². The second kappa shape index (κ2) is 6.39. The number of piperidine rings is 1. The largest absolute Gasteiger partial charge is 0.345 e. The first-order valence-corrected chi connectivity index (χ1v) is 8.41. The van der Waals surface area contributed by atoms with Gasteiger partial charge in [-0.05, 0) is 26.2 Å². The zero-order valence-corrected chi connectivity index (χ0v) is 13.1. The fraction of sp³-hybridized carbons (Fsp3) is 0.412. The summed E-state index contributed by atoms with van der Waals surface area (Å²) in [5, 5.41) is 3.09. The van der Waals surface area contributed by atoms with E-state index in [0.29, 0.717) is 12.5 Å². The highest BCUT2D eigenvalue weighted by atomic mass is 32.1. The molecule has 1 unspecified atom stereocenters. The van der Waals surface area contributed by atoms with E-state index in [4.69, 9.17) is 0 Å². The van der Waals surface area contributed by atoms with Gasteiger partial charge in [-0.3, -0.25) is 4.79 Å². The van der Waals surface area contributed by atoms with Gasteiger partial charge < -0.3 is 4.90 Å². The standard InChI is InChI=1S/C17H20N2OS/c1-13-7-5-6-10-19(13)17-18-15(12-21-17)11-16(20)14-8-3-2-4-9-14/h2-4,8-9,12-13H,5-7,10-11H2,1H3. The molecular weight excluding hydrogens is 280 g/mol. The predicted molar refractivity (Wildman–Crippen MR) is 87.2 cm³/mol. The van der Waals surface area contributed by atoms with Crippen LogP contribution in [-0.2, 0) is 6.42 Å². The van der Waals surface area contributed by atoms with Crippen LogP contribution >= 0.6 is 11.3 Å². The molecule has 0 spiro atoms. The molecule has 0 aliphatic carbocycles. The fourth-order valence-electron chi connectivity index (χ4n) is 2.78. The summed E-state index contributed by atoms with van der Waals surface area (Å²) in [7, 11) is 0. The van der Waals surface area contributed by atoms with Crippen molar-refractivity contribution in [2.75, 3.05) is 11.4 Å². The molecular formula is C17H20N2OS. The molecule has 1 aliphatic rings. The average Bonchev–Trinajstić information content (AvgIpc) is 2.97. The van der Waals surface area contributed by atoms with E-state index < -0.39 is 0 Å². The summed E-state index contributed by atoms with van der Waals surface area (Å²) in [5.74, 6) is 0.138. The van der Waals surface area contributed by atoms with E-state index >= 15 is 0 Å². The van der Waals surface area contributed by atoms with E-state index in [2.05, 4.69) is 16.8 Å². The lowest BCUT2D eigenvalue weighted by molar-refractivity contribution is 0.0992. The number of thiazole rings is 1. The second-order valence-electron chi connectivity index (χ2n) is 5.63. The van der Waals surface area contributed by atoms with Crippen LogP contribution in [0, 0.1) is 0 Å². The predicted octanol–water partition coefficient (Wildman–Crippen LogP) is 3.95. The van der Waals surface area contributed by atoms with Crippen molar-refractivity contribution in [3.63, 3.8) is 0 Å². The number of Topliss-reactive ketones (excluding diaryl/α,β-unsaturated/α-hetero) is 1. The highest BCUT2D eigenvalue weighted by Gasteiger charge is 2.21. The zero-order chi connectivity index (χ0) is 14.7. The number of anilines is 1. The van der Waals surface area contributed by atoms with Gasteiger partial charge in [0, 0.05) is 23.5 Å². The van der Waals surface area contributed by atoms with Crippen molar-refractivity contribution >= 4 is 22.3 Å². The Morgan fingerprint density at radius 2 is 2.14 bits per heavy atom. The second-order valence-corrected chi connectivity index (χ2v) is 6.46. The first-order valence-electron chi connectivity index (χ1n) is 7.53. The summed E-state index contributed by atoms with van der Waals surface area (Å²) < 4.78 is 0. The van der Waals surface area contributed by atoms with Gasteiger partial charge in [0.1, 0.15) is 0 Å². The van der Waals surface area contributed by atoms with E-state index in [-0.39, 0.29) is 5.78 Å². The van der Waals surface area contributed by atoms with Crippen LogP contribution in [0.2, 0.25) is 0 Å². The van der Waals surface area contributed by atoms with Crippen LogP contribution < -0.4 is 4.90 Å². The molecule has 1 aliphatic heterocycles. The van der Waals surface area contributed by atoms with E-state index in [9.17, 15) is 4.79 Å². The molecule has 2 heterocycles. The first kappa shape index (κ1) is 14.3. The van der Waals surface area contributed by atoms with Gasteiger partial charge >= 0.3 is 0 Å². The van der Waals surface area contributed by atoms with Gasteiger partial charge in [0.2, 0.25) is 0 Å². The van der Waals surface area contributed by atoms with E-state index in [1.807, 2.05) is 35.7 Å². The maximum Gasteiger partial charge on any atom is 0.185 e. The third-order valence-electron chi connectivity index (χ3n) is 4.03. The van der Waals surface area contributed by atoms with Gasteiger partial charge in [-0.25, -0.2) is 4.98 Å². The monoisotopic (exact) mass is 300 g/mol. The minimum absolute atomic E-state index is 0.138. The molecule has 4 heteroatoms. The van der Waals surface area contributed by atoms with Crippen molar-refractivity contribution in [3.05, 3.63) is 47.0 Å². The van der Waals surface area contributed by atoms with Gasteiger partial charge in [-0.1, -0.05) is 30.3 Å². The van der Waals surface area contributed by atoms with Gasteiger partial charge in [-0.2, -0.15) is 0 Å². The summed E-state index contributed by atoms with van der Waals surface area (Å²) >= 11 is 1.66. The van der Waals surface area contributed by atoms with Crippen LogP contribution in [0.3, 0.4) is 0 Å². The van der Waals surface area contributed by atoms with Crippen LogP contribution in [0.1, 0.15) is 42.2 Å². The summed E-state index contributed by atoms with van der Waals surface area (Å²) in [6.07, 6.45) is 4.17. The van der Waals surface area contributed by atoms with E-state index in [0.717, 1.165) is 22.9 Å². The molecule has 110 valence electrons. The SMILES string of the molecule is CC1CCCCN1c1nc(CC(=O)c2ccccc2)cs1. The van der Waals surface area contributed by atoms with E-state index in [1.165, 1.54) is 19.3 Å². The number of benzene rings is 1. The van der Waals surface area contributed by atoms with Crippen molar-refractivity contribution in [2.24, 2.45) is 0 Å². The van der Waals surface area contributed by atoms with Crippen LogP contribution in [-0.4, -0.2) is 23.4 Å². The van der Waals surface area contributed by atoms with Gasteiger partial charge in [0.25, 0.3) is 0 Å². The third kappa shape index (κ3) is 3.32.